The van der Waals surface area contributed by atoms with Gasteiger partial charge < -0.3 is 14.8 Å². The number of rotatable bonds is 1. The number of ether oxygens (including phenoxy) is 1. The number of aromatic nitrogens is 2. The SMILES string of the molecule is OC1(c2ccc3nc[nH]c3c2)COC1. The van der Waals surface area contributed by atoms with Crippen LogP contribution in [0.2, 0.25) is 0 Å². The van der Waals surface area contributed by atoms with Crippen molar-refractivity contribution in [2.45, 2.75) is 5.60 Å². The van der Waals surface area contributed by atoms with Gasteiger partial charge in [-0.1, -0.05) is 6.07 Å². The molecule has 1 fully saturated rings. The van der Waals surface area contributed by atoms with Crippen LogP contribution in [-0.4, -0.2) is 28.3 Å². The summed E-state index contributed by atoms with van der Waals surface area (Å²) >= 11 is 0. The molecule has 0 spiro atoms. The van der Waals surface area contributed by atoms with Crippen LogP contribution >= 0.6 is 0 Å². The Morgan fingerprint density at radius 1 is 1.43 bits per heavy atom. The fraction of sp³-hybridized carbons (Fsp3) is 0.300. The van der Waals surface area contributed by atoms with Gasteiger partial charge in [-0.25, -0.2) is 4.98 Å². The van der Waals surface area contributed by atoms with E-state index in [4.69, 9.17) is 4.74 Å². The van der Waals surface area contributed by atoms with Crippen LogP contribution in [0.4, 0.5) is 0 Å². The number of aromatic amines is 1. The van der Waals surface area contributed by atoms with E-state index in [9.17, 15) is 5.11 Å². The highest BCUT2D eigenvalue weighted by Crippen LogP contribution is 2.30. The zero-order valence-corrected chi connectivity index (χ0v) is 7.53. The number of fused-ring (bicyclic) bond motifs is 1. The molecule has 2 aromatic rings. The molecule has 0 bridgehead atoms. The number of hydrogen-bond acceptors (Lipinski definition) is 3. The Morgan fingerprint density at radius 2 is 2.29 bits per heavy atom. The normalized spacial score (nSPS) is 19.5. The topological polar surface area (TPSA) is 58.1 Å². The smallest absolute Gasteiger partial charge is 0.136 e. The number of imidazole rings is 1. The van der Waals surface area contributed by atoms with Crippen molar-refractivity contribution in [1.82, 2.24) is 9.97 Å². The molecule has 0 saturated carbocycles. The second-order valence-corrected chi connectivity index (χ2v) is 3.66. The van der Waals surface area contributed by atoms with Crippen molar-refractivity contribution in [2.24, 2.45) is 0 Å². The maximum Gasteiger partial charge on any atom is 0.136 e. The minimum absolute atomic E-state index is 0.382. The Kier molecular flexibility index (Phi) is 1.45. The molecule has 72 valence electrons. The maximum atomic E-state index is 10.0. The summed E-state index contributed by atoms with van der Waals surface area (Å²) in [7, 11) is 0. The van der Waals surface area contributed by atoms with Gasteiger partial charge in [0.25, 0.3) is 0 Å². The Bertz CT molecular complexity index is 474. The van der Waals surface area contributed by atoms with Crippen LogP contribution < -0.4 is 0 Å². The number of H-pyrrole nitrogens is 1. The van der Waals surface area contributed by atoms with Gasteiger partial charge in [0.1, 0.15) is 5.60 Å². The molecular weight excluding hydrogens is 180 g/mol. The summed E-state index contributed by atoms with van der Waals surface area (Å²) in [6, 6.07) is 5.72. The standard InChI is InChI=1S/C10H10N2O2/c13-10(4-14-5-10)7-1-2-8-9(3-7)12-6-11-8/h1-3,6,13H,4-5H2,(H,11,12). The minimum Gasteiger partial charge on any atom is -0.380 e. The molecule has 2 heterocycles. The Morgan fingerprint density at radius 3 is 3.00 bits per heavy atom. The van der Waals surface area contributed by atoms with Gasteiger partial charge in [-0.15, -0.1) is 0 Å². The number of nitrogens with zero attached hydrogens (tertiary/aromatic N) is 1. The van der Waals surface area contributed by atoms with E-state index in [1.54, 1.807) is 6.33 Å². The molecule has 4 nitrogen and oxygen atoms in total. The summed E-state index contributed by atoms with van der Waals surface area (Å²) in [4.78, 5) is 7.13. The highest BCUT2D eigenvalue weighted by molar-refractivity contribution is 5.75. The van der Waals surface area contributed by atoms with Gasteiger partial charge in [0.05, 0.1) is 30.6 Å². The molecule has 0 unspecified atom stereocenters. The number of hydrogen-bond donors (Lipinski definition) is 2. The van der Waals surface area contributed by atoms with Crippen molar-refractivity contribution in [1.29, 1.82) is 0 Å². The second-order valence-electron chi connectivity index (χ2n) is 3.66. The maximum absolute atomic E-state index is 10.0. The molecule has 0 amide bonds. The fourth-order valence-electron chi connectivity index (χ4n) is 1.69. The van der Waals surface area contributed by atoms with Crippen LogP contribution in [0, 0.1) is 0 Å². The van der Waals surface area contributed by atoms with E-state index in [2.05, 4.69) is 9.97 Å². The number of aliphatic hydroxyl groups is 1. The number of benzene rings is 1. The predicted octanol–water partition coefficient (Wildman–Crippen LogP) is 0.781. The lowest BCUT2D eigenvalue weighted by molar-refractivity contribution is -0.184. The summed E-state index contributed by atoms with van der Waals surface area (Å²) in [6.07, 6.45) is 1.65. The first-order chi connectivity index (χ1) is 6.78. The second kappa shape index (κ2) is 2.56. The molecule has 0 radical (unpaired) electrons. The van der Waals surface area contributed by atoms with Crippen molar-refractivity contribution >= 4 is 11.0 Å². The Hall–Kier alpha value is -1.39. The summed E-state index contributed by atoms with van der Waals surface area (Å²) in [6.45, 7) is 0.763. The quantitative estimate of drug-likeness (QED) is 0.698. The molecule has 1 saturated heterocycles. The van der Waals surface area contributed by atoms with Gasteiger partial charge in [0, 0.05) is 0 Å². The Balaban J connectivity index is 2.13. The van der Waals surface area contributed by atoms with Crippen molar-refractivity contribution in [3.8, 4) is 0 Å². The van der Waals surface area contributed by atoms with E-state index in [0.717, 1.165) is 16.6 Å². The largest absolute Gasteiger partial charge is 0.380 e. The lowest BCUT2D eigenvalue weighted by atomic mass is 9.92. The zero-order chi connectivity index (χ0) is 9.60. The highest BCUT2D eigenvalue weighted by atomic mass is 16.5. The molecule has 0 aliphatic carbocycles. The van der Waals surface area contributed by atoms with Gasteiger partial charge >= 0.3 is 0 Å². The van der Waals surface area contributed by atoms with Crippen molar-refractivity contribution in [2.75, 3.05) is 13.2 Å². The van der Waals surface area contributed by atoms with Gasteiger partial charge in [-0.2, -0.15) is 0 Å². The molecule has 1 aromatic heterocycles. The van der Waals surface area contributed by atoms with Crippen LogP contribution in [0.15, 0.2) is 24.5 Å². The molecule has 2 N–H and O–H groups in total. The van der Waals surface area contributed by atoms with E-state index in [-0.39, 0.29) is 0 Å². The highest BCUT2D eigenvalue weighted by Gasteiger charge is 2.37. The molecule has 3 rings (SSSR count). The first-order valence-electron chi connectivity index (χ1n) is 4.52. The van der Waals surface area contributed by atoms with Gasteiger partial charge in [-0.3, -0.25) is 0 Å². The summed E-state index contributed by atoms with van der Waals surface area (Å²) in [5.74, 6) is 0. The first kappa shape index (κ1) is 7.96. The average Bonchev–Trinajstić information content (AvgIpc) is 2.60. The summed E-state index contributed by atoms with van der Waals surface area (Å²) < 4.78 is 5.01. The van der Waals surface area contributed by atoms with Crippen LogP contribution in [0.1, 0.15) is 5.56 Å². The van der Waals surface area contributed by atoms with E-state index in [1.165, 1.54) is 0 Å². The monoisotopic (exact) mass is 190 g/mol. The lowest BCUT2D eigenvalue weighted by Gasteiger charge is -2.36. The molecule has 14 heavy (non-hydrogen) atoms. The first-order valence-corrected chi connectivity index (χ1v) is 4.52. The van der Waals surface area contributed by atoms with Crippen molar-refractivity contribution in [3.63, 3.8) is 0 Å². The molecule has 1 aromatic carbocycles. The molecule has 0 atom stereocenters. The van der Waals surface area contributed by atoms with Gasteiger partial charge in [0.15, 0.2) is 0 Å². The fourth-order valence-corrected chi connectivity index (χ4v) is 1.69. The average molecular weight is 190 g/mol. The minimum atomic E-state index is -0.792. The zero-order valence-electron chi connectivity index (χ0n) is 7.53. The summed E-state index contributed by atoms with van der Waals surface area (Å²) in [5, 5.41) is 10.0. The number of nitrogens with one attached hydrogen (secondary N) is 1. The lowest BCUT2D eigenvalue weighted by Crippen LogP contribution is -2.46. The van der Waals surface area contributed by atoms with Gasteiger partial charge in [0.2, 0.25) is 0 Å². The third-order valence-corrected chi connectivity index (χ3v) is 2.64. The van der Waals surface area contributed by atoms with Crippen molar-refractivity contribution in [3.05, 3.63) is 30.1 Å². The van der Waals surface area contributed by atoms with Crippen LogP contribution in [0.5, 0.6) is 0 Å². The molecular formula is C10H10N2O2. The van der Waals surface area contributed by atoms with Crippen LogP contribution in [0.25, 0.3) is 11.0 Å². The third-order valence-electron chi connectivity index (χ3n) is 2.64. The third kappa shape index (κ3) is 0.981. The predicted molar refractivity (Wildman–Crippen MR) is 50.8 cm³/mol. The van der Waals surface area contributed by atoms with E-state index < -0.39 is 5.60 Å². The molecule has 1 aliphatic rings. The summed E-state index contributed by atoms with van der Waals surface area (Å²) in [5.41, 5.74) is 1.96. The van der Waals surface area contributed by atoms with E-state index in [1.807, 2.05) is 18.2 Å². The van der Waals surface area contributed by atoms with Gasteiger partial charge in [-0.05, 0) is 17.7 Å². The van der Waals surface area contributed by atoms with Crippen LogP contribution in [0.3, 0.4) is 0 Å². The van der Waals surface area contributed by atoms with E-state index >= 15 is 0 Å². The molecule has 4 heteroatoms. The van der Waals surface area contributed by atoms with Crippen LogP contribution in [-0.2, 0) is 10.3 Å². The Labute approximate surface area is 80.5 Å². The molecule has 1 aliphatic heterocycles. The van der Waals surface area contributed by atoms with E-state index in [0.29, 0.717) is 13.2 Å². The van der Waals surface area contributed by atoms with Crippen molar-refractivity contribution < 1.29 is 9.84 Å².